The van der Waals surface area contributed by atoms with Crippen LogP contribution in [-0.2, 0) is 9.53 Å². The third kappa shape index (κ3) is 9.57. The Labute approximate surface area is 187 Å². The lowest BCUT2D eigenvalue weighted by Gasteiger charge is -2.23. The smallest absolute Gasteiger partial charge is 0.229 e. The van der Waals surface area contributed by atoms with Crippen molar-refractivity contribution in [2.75, 3.05) is 30.0 Å². The van der Waals surface area contributed by atoms with E-state index < -0.39 is 5.41 Å². The van der Waals surface area contributed by atoms with Crippen molar-refractivity contribution in [2.45, 2.75) is 53.4 Å². The van der Waals surface area contributed by atoms with Crippen molar-refractivity contribution in [3.63, 3.8) is 0 Å². The summed E-state index contributed by atoms with van der Waals surface area (Å²) < 4.78 is 5.20. The van der Waals surface area contributed by atoms with Crippen LogP contribution in [0.25, 0.3) is 0 Å². The molecule has 1 amide bonds. The molecular weight excluding hydrogens is 392 g/mol. The van der Waals surface area contributed by atoms with Crippen molar-refractivity contribution in [3.8, 4) is 0 Å². The molecule has 0 saturated heterocycles. The number of carbonyl (C=O) groups is 1. The van der Waals surface area contributed by atoms with Crippen LogP contribution < -0.4 is 10.6 Å². The summed E-state index contributed by atoms with van der Waals surface area (Å²) in [6.07, 6.45) is 5.64. The van der Waals surface area contributed by atoms with Gasteiger partial charge in [0.25, 0.3) is 0 Å². The van der Waals surface area contributed by atoms with Crippen molar-refractivity contribution in [1.82, 2.24) is 0 Å². The first-order valence-corrected chi connectivity index (χ1v) is 11.2. The number of carbonyl (C=O) groups excluding carboxylic acids is 1. The second kappa shape index (κ2) is 11.3. The minimum atomic E-state index is -0.458. The zero-order valence-corrected chi connectivity index (χ0v) is 20.6. The molecule has 0 heterocycles. The number of anilines is 2. The largest absolute Gasteiger partial charge is 0.497 e. The van der Waals surface area contributed by atoms with Crippen LogP contribution in [0.1, 0.15) is 48.5 Å². The monoisotopic (exact) mass is 430 g/mol. The molecule has 0 aromatic heterocycles. The number of thioether (sulfide) groups is 1. The fourth-order valence-electron chi connectivity index (χ4n) is 2.23. The molecule has 0 atom stereocenters. The summed E-state index contributed by atoms with van der Waals surface area (Å²) in [5, 5.41) is 6.58. The lowest BCUT2D eigenvalue weighted by atomic mass is 9.95. The van der Waals surface area contributed by atoms with E-state index >= 15 is 0 Å². The van der Waals surface area contributed by atoms with E-state index in [0.29, 0.717) is 0 Å². The molecule has 0 fully saturated rings. The molecule has 166 valence electrons. The van der Waals surface area contributed by atoms with Gasteiger partial charge in [-0.15, -0.1) is 11.8 Å². The molecule has 1 rings (SSSR count). The van der Waals surface area contributed by atoms with E-state index in [1.165, 1.54) is 5.57 Å². The average Bonchev–Trinajstić information content (AvgIpc) is 2.65. The van der Waals surface area contributed by atoms with Crippen LogP contribution in [0.2, 0.25) is 0 Å². The van der Waals surface area contributed by atoms with Gasteiger partial charge in [-0.2, -0.15) is 0 Å². The standard InChI is InChI=1S/C25H38N2O2S/c1-10-19(29-9)12-11-18(2)16-30-20-13-14-21(26-17-24(3,4)5)22(15-20)27-23(28)25(6,7)8/h10-15,26H,1,16-17H2,2-9H3,(H,27,28)/b18-11+,19-12+. The van der Waals surface area contributed by atoms with E-state index in [4.69, 9.17) is 4.74 Å². The molecule has 0 aliphatic carbocycles. The number of hydrogen-bond donors (Lipinski definition) is 2. The zero-order chi connectivity index (χ0) is 22.9. The van der Waals surface area contributed by atoms with E-state index in [1.54, 1.807) is 24.9 Å². The Hall–Kier alpha value is -2.14. The highest BCUT2D eigenvalue weighted by molar-refractivity contribution is 7.99. The van der Waals surface area contributed by atoms with Crippen LogP contribution in [0, 0.1) is 10.8 Å². The molecule has 0 spiro atoms. The van der Waals surface area contributed by atoms with Crippen molar-refractivity contribution in [1.29, 1.82) is 0 Å². The topological polar surface area (TPSA) is 50.4 Å². The minimum Gasteiger partial charge on any atom is -0.497 e. The van der Waals surface area contributed by atoms with Gasteiger partial charge in [-0.3, -0.25) is 4.79 Å². The molecule has 0 aliphatic rings. The van der Waals surface area contributed by atoms with Gasteiger partial charge >= 0.3 is 0 Å². The molecule has 30 heavy (non-hydrogen) atoms. The molecule has 0 unspecified atom stereocenters. The van der Waals surface area contributed by atoms with Gasteiger partial charge in [0.05, 0.1) is 18.5 Å². The Bertz CT molecular complexity index is 796. The number of amides is 1. The highest BCUT2D eigenvalue weighted by Crippen LogP contribution is 2.31. The van der Waals surface area contributed by atoms with Crippen LogP contribution >= 0.6 is 11.8 Å². The summed E-state index contributed by atoms with van der Waals surface area (Å²) >= 11 is 1.73. The van der Waals surface area contributed by atoms with Gasteiger partial charge in [0.15, 0.2) is 0 Å². The Morgan fingerprint density at radius 3 is 2.33 bits per heavy atom. The summed E-state index contributed by atoms with van der Waals surface area (Å²) in [5.74, 6) is 1.58. The molecule has 4 nitrogen and oxygen atoms in total. The lowest BCUT2D eigenvalue weighted by Crippen LogP contribution is -2.28. The first-order valence-electron chi connectivity index (χ1n) is 10.2. The van der Waals surface area contributed by atoms with Crippen LogP contribution in [0.15, 0.2) is 59.2 Å². The average molecular weight is 431 g/mol. The Morgan fingerprint density at radius 1 is 1.13 bits per heavy atom. The summed E-state index contributed by atoms with van der Waals surface area (Å²) in [4.78, 5) is 13.7. The lowest BCUT2D eigenvalue weighted by molar-refractivity contribution is -0.123. The van der Waals surface area contributed by atoms with Gasteiger partial charge in [0, 0.05) is 22.6 Å². The van der Waals surface area contributed by atoms with E-state index in [9.17, 15) is 4.79 Å². The number of ether oxygens (including phenoxy) is 1. The highest BCUT2D eigenvalue weighted by atomic mass is 32.2. The van der Waals surface area contributed by atoms with E-state index in [1.807, 2.05) is 45.1 Å². The second-order valence-electron chi connectivity index (χ2n) is 9.60. The van der Waals surface area contributed by atoms with E-state index in [0.717, 1.165) is 34.3 Å². The van der Waals surface area contributed by atoms with E-state index in [-0.39, 0.29) is 11.3 Å². The number of benzene rings is 1. The van der Waals surface area contributed by atoms with Crippen LogP contribution in [0.4, 0.5) is 11.4 Å². The molecule has 0 radical (unpaired) electrons. The number of hydrogen-bond acceptors (Lipinski definition) is 4. The van der Waals surface area contributed by atoms with Crippen LogP contribution in [-0.4, -0.2) is 25.3 Å². The maximum absolute atomic E-state index is 12.6. The quantitative estimate of drug-likeness (QED) is 0.255. The third-order valence-corrected chi connectivity index (χ3v) is 5.35. The summed E-state index contributed by atoms with van der Waals surface area (Å²) in [5.41, 5.74) is 2.66. The Morgan fingerprint density at radius 2 is 1.80 bits per heavy atom. The van der Waals surface area contributed by atoms with Crippen molar-refractivity contribution >= 4 is 29.0 Å². The number of rotatable bonds is 9. The molecule has 0 aliphatic heterocycles. The molecule has 2 N–H and O–H groups in total. The zero-order valence-electron chi connectivity index (χ0n) is 19.8. The maximum atomic E-state index is 12.6. The summed E-state index contributed by atoms with van der Waals surface area (Å²) in [6.45, 7) is 18.9. The molecule has 0 bridgehead atoms. The number of allylic oxidation sites excluding steroid dienone is 3. The molecular formula is C25H38N2O2S. The normalized spacial score (nSPS) is 13.1. The predicted octanol–water partition coefficient (Wildman–Crippen LogP) is 6.88. The second-order valence-corrected chi connectivity index (χ2v) is 10.7. The summed E-state index contributed by atoms with van der Waals surface area (Å²) in [7, 11) is 1.63. The van der Waals surface area contributed by atoms with Gasteiger partial charge in [-0.05, 0) is 42.7 Å². The van der Waals surface area contributed by atoms with E-state index in [2.05, 4.69) is 51.0 Å². The van der Waals surface area contributed by atoms with Crippen molar-refractivity contribution in [2.24, 2.45) is 10.8 Å². The first kappa shape index (κ1) is 25.9. The number of methoxy groups -OCH3 is 1. The highest BCUT2D eigenvalue weighted by Gasteiger charge is 2.22. The van der Waals surface area contributed by atoms with Crippen LogP contribution in [0.5, 0.6) is 0 Å². The fourth-order valence-corrected chi connectivity index (χ4v) is 3.09. The molecule has 1 aromatic carbocycles. The first-order chi connectivity index (χ1) is 13.9. The maximum Gasteiger partial charge on any atom is 0.229 e. The van der Waals surface area contributed by atoms with Gasteiger partial charge in [0.1, 0.15) is 5.76 Å². The fraction of sp³-hybridized carbons (Fsp3) is 0.480. The number of nitrogens with one attached hydrogen (secondary N) is 2. The SMILES string of the molecule is C=C/C(=C\C=C(/C)CSc1ccc(NCC(C)(C)C)c(NC(=O)C(C)(C)C)c1)OC. The Balaban J connectivity index is 3.01. The molecule has 5 heteroatoms. The summed E-state index contributed by atoms with van der Waals surface area (Å²) in [6, 6.07) is 6.19. The van der Waals surface area contributed by atoms with Crippen molar-refractivity contribution in [3.05, 3.63) is 54.3 Å². The minimum absolute atomic E-state index is 0.00110. The predicted molar refractivity (Wildman–Crippen MR) is 132 cm³/mol. The Kier molecular flexibility index (Phi) is 9.76. The van der Waals surface area contributed by atoms with Gasteiger partial charge in [0.2, 0.25) is 5.91 Å². The van der Waals surface area contributed by atoms with Gasteiger partial charge in [-0.25, -0.2) is 0 Å². The van der Waals surface area contributed by atoms with Crippen molar-refractivity contribution < 1.29 is 9.53 Å². The van der Waals surface area contributed by atoms with Gasteiger partial charge < -0.3 is 15.4 Å². The third-order valence-electron chi connectivity index (χ3n) is 4.17. The van der Waals surface area contributed by atoms with Gasteiger partial charge in [-0.1, -0.05) is 59.8 Å². The molecule has 1 aromatic rings. The molecule has 0 saturated carbocycles. The van der Waals surface area contributed by atoms with Crippen LogP contribution in [0.3, 0.4) is 0 Å².